The zero-order chi connectivity index (χ0) is 14.6. The standard InChI is InChI=1S/C17H26N2O/c1-17(2,3)13-16(20)19-11-9-18(10-12-19)14-15-7-5-4-6-8-15/h4-8H,9-14H2,1-3H3. The summed E-state index contributed by atoms with van der Waals surface area (Å²) >= 11 is 0. The fourth-order valence-electron chi connectivity index (χ4n) is 2.56. The molecular weight excluding hydrogens is 248 g/mol. The van der Waals surface area contributed by atoms with E-state index in [1.165, 1.54) is 5.56 Å². The van der Waals surface area contributed by atoms with Gasteiger partial charge in [0, 0.05) is 39.1 Å². The monoisotopic (exact) mass is 274 g/mol. The van der Waals surface area contributed by atoms with Crippen LogP contribution in [0.3, 0.4) is 0 Å². The van der Waals surface area contributed by atoms with E-state index in [2.05, 4.69) is 49.9 Å². The number of hydrogen-bond donors (Lipinski definition) is 0. The lowest BCUT2D eigenvalue weighted by Crippen LogP contribution is -2.48. The largest absolute Gasteiger partial charge is 0.340 e. The van der Waals surface area contributed by atoms with Crippen LogP contribution in [0.5, 0.6) is 0 Å². The number of nitrogens with zero attached hydrogens (tertiary/aromatic N) is 2. The summed E-state index contributed by atoms with van der Waals surface area (Å²) in [7, 11) is 0. The first-order valence-electron chi connectivity index (χ1n) is 7.48. The van der Waals surface area contributed by atoms with E-state index in [0.29, 0.717) is 12.3 Å². The average molecular weight is 274 g/mol. The molecule has 0 spiro atoms. The van der Waals surface area contributed by atoms with Gasteiger partial charge in [-0.25, -0.2) is 0 Å². The first kappa shape index (κ1) is 15.0. The zero-order valence-corrected chi connectivity index (χ0v) is 12.9. The van der Waals surface area contributed by atoms with Gasteiger partial charge >= 0.3 is 0 Å². The summed E-state index contributed by atoms with van der Waals surface area (Å²) in [5, 5.41) is 0. The number of piperazine rings is 1. The summed E-state index contributed by atoms with van der Waals surface area (Å²) in [5.41, 5.74) is 1.43. The number of carbonyl (C=O) groups is 1. The van der Waals surface area contributed by atoms with Gasteiger partial charge in [0.25, 0.3) is 0 Å². The fourth-order valence-corrected chi connectivity index (χ4v) is 2.56. The van der Waals surface area contributed by atoms with E-state index >= 15 is 0 Å². The van der Waals surface area contributed by atoms with Crippen LogP contribution in [0.4, 0.5) is 0 Å². The van der Waals surface area contributed by atoms with Gasteiger partial charge in [-0.2, -0.15) is 0 Å². The molecule has 3 heteroatoms. The Morgan fingerprint density at radius 2 is 1.65 bits per heavy atom. The third-order valence-corrected chi connectivity index (χ3v) is 3.66. The predicted molar refractivity (Wildman–Crippen MR) is 82.4 cm³/mol. The maximum atomic E-state index is 12.2. The van der Waals surface area contributed by atoms with Gasteiger partial charge < -0.3 is 4.90 Å². The van der Waals surface area contributed by atoms with E-state index in [9.17, 15) is 4.79 Å². The number of rotatable bonds is 3. The van der Waals surface area contributed by atoms with Crippen LogP contribution < -0.4 is 0 Å². The Morgan fingerprint density at radius 3 is 2.20 bits per heavy atom. The van der Waals surface area contributed by atoms with Crippen molar-refractivity contribution in [1.82, 2.24) is 9.80 Å². The van der Waals surface area contributed by atoms with Crippen LogP contribution in [0.15, 0.2) is 30.3 Å². The van der Waals surface area contributed by atoms with Gasteiger partial charge in [0.15, 0.2) is 0 Å². The molecule has 0 saturated carbocycles. The van der Waals surface area contributed by atoms with E-state index in [-0.39, 0.29) is 5.41 Å². The van der Waals surface area contributed by atoms with Gasteiger partial charge in [0.05, 0.1) is 0 Å². The van der Waals surface area contributed by atoms with Crippen molar-refractivity contribution in [3.8, 4) is 0 Å². The van der Waals surface area contributed by atoms with Crippen LogP contribution in [-0.4, -0.2) is 41.9 Å². The molecule has 0 bridgehead atoms. The SMILES string of the molecule is CC(C)(C)CC(=O)N1CCN(Cc2ccccc2)CC1. The van der Waals surface area contributed by atoms with Crippen molar-refractivity contribution >= 4 is 5.91 Å². The molecule has 0 unspecified atom stereocenters. The minimum Gasteiger partial charge on any atom is -0.340 e. The lowest BCUT2D eigenvalue weighted by atomic mass is 9.91. The third-order valence-electron chi connectivity index (χ3n) is 3.66. The molecule has 3 nitrogen and oxygen atoms in total. The van der Waals surface area contributed by atoms with Crippen molar-refractivity contribution in [2.45, 2.75) is 33.7 Å². The summed E-state index contributed by atoms with van der Waals surface area (Å²) in [6.45, 7) is 11.0. The molecule has 0 aromatic heterocycles. The molecule has 1 aliphatic rings. The van der Waals surface area contributed by atoms with E-state index < -0.39 is 0 Å². The van der Waals surface area contributed by atoms with E-state index in [0.717, 1.165) is 32.7 Å². The van der Waals surface area contributed by atoms with E-state index in [1.54, 1.807) is 0 Å². The Kier molecular flexibility index (Phi) is 4.81. The second-order valence-corrected chi connectivity index (χ2v) is 6.88. The van der Waals surface area contributed by atoms with Gasteiger partial charge in [-0.3, -0.25) is 9.69 Å². The zero-order valence-electron chi connectivity index (χ0n) is 12.9. The van der Waals surface area contributed by atoms with Crippen LogP contribution >= 0.6 is 0 Å². The first-order valence-corrected chi connectivity index (χ1v) is 7.48. The molecule has 2 rings (SSSR count). The normalized spacial score (nSPS) is 17.2. The molecule has 1 aromatic rings. The summed E-state index contributed by atoms with van der Waals surface area (Å²) in [5.74, 6) is 0.303. The Labute approximate surface area is 122 Å². The minimum absolute atomic E-state index is 0.0816. The van der Waals surface area contributed by atoms with Gasteiger partial charge in [-0.05, 0) is 11.0 Å². The molecular formula is C17H26N2O. The average Bonchev–Trinajstić information content (AvgIpc) is 2.39. The maximum Gasteiger partial charge on any atom is 0.223 e. The Bertz CT molecular complexity index is 428. The van der Waals surface area contributed by atoms with Crippen LogP contribution in [0.2, 0.25) is 0 Å². The molecule has 1 aliphatic heterocycles. The highest BCUT2D eigenvalue weighted by molar-refractivity contribution is 5.76. The van der Waals surface area contributed by atoms with Crippen molar-refractivity contribution in [3.05, 3.63) is 35.9 Å². The minimum atomic E-state index is 0.0816. The van der Waals surface area contributed by atoms with Crippen LogP contribution in [0.1, 0.15) is 32.8 Å². The van der Waals surface area contributed by atoms with Crippen molar-refractivity contribution in [3.63, 3.8) is 0 Å². The van der Waals surface area contributed by atoms with Gasteiger partial charge in [-0.15, -0.1) is 0 Å². The molecule has 1 amide bonds. The molecule has 110 valence electrons. The van der Waals surface area contributed by atoms with Crippen LogP contribution in [0, 0.1) is 5.41 Å². The van der Waals surface area contributed by atoms with E-state index in [4.69, 9.17) is 0 Å². The molecule has 0 N–H and O–H groups in total. The van der Waals surface area contributed by atoms with Gasteiger partial charge in [0.2, 0.25) is 5.91 Å². The Balaban J connectivity index is 1.79. The molecule has 1 fully saturated rings. The molecule has 0 aliphatic carbocycles. The predicted octanol–water partition coefficient (Wildman–Crippen LogP) is 2.77. The molecule has 0 radical (unpaired) electrons. The van der Waals surface area contributed by atoms with Gasteiger partial charge in [-0.1, -0.05) is 51.1 Å². The third kappa shape index (κ3) is 4.64. The summed E-state index contributed by atoms with van der Waals surface area (Å²) in [6.07, 6.45) is 0.645. The quantitative estimate of drug-likeness (QED) is 0.846. The smallest absolute Gasteiger partial charge is 0.223 e. The van der Waals surface area contributed by atoms with E-state index in [1.807, 2.05) is 11.0 Å². The van der Waals surface area contributed by atoms with Crippen molar-refractivity contribution < 1.29 is 4.79 Å². The number of carbonyl (C=O) groups excluding carboxylic acids is 1. The highest BCUT2D eigenvalue weighted by Gasteiger charge is 2.24. The Morgan fingerprint density at radius 1 is 1.05 bits per heavy atom. The lowest BCUT2D eigenvalue weighted by molar-refractivity contribution is -0.134. The van der Waals surface area contributed by atoms with Crippen LogP contribution in [0.25, 0.3) is 0 Å². The van der Waals surface area contributed by atoms with Crippen molar-refractivity contribution in [1.29, 1.82) is 0 Å². The van der Waals surface area contributed by atoms with Gasteiger partial charge in [0.1, 0.15) is 0 Å². The second-order valence-electron chi connectivity index (χ2n) is 6.88. The highest BCUT2D eigenvalue weighted by atomic mass is 16.2. The Hall–Kier alpha value is -1.35. The van der Waals surface area contributed by atoms with Crippen molar-refractivity contribution in [2.24, 2.45) is 5.41 Å². The van der Waals surface area contributed by atoms with Crippen LogP contribution in [-0.2, 0) is 11.3 Å². The second kappa shape index (κ2) is 6.40. The number of amides is 1. The first-order chi connectivity index (χ1) is 9.44. The summed E-state index contributed by atoms with van der Waals surface area (Å²) < 4.78 is 0. The number of benzene rings is 1. The lowest BCUT2D eigenvalue weighted by Gasteiger charge is -2.36. The highest BCUT2D eigenvalue weighted by Crippen LogP contribution is 2.20. The fraction of sp³-hybridized carbons (Fsp3) is 0.588. The topological polar surface area (TPSA) is 23.6 Å². The molecule has 20 heavy (non-hydrogen) atoms. The molecule has 1 aromatic carbocycles. The maximum absolute atomic E-state index is 12.2. The van der Waals surface area contributed by atoms with Crippen molar-refractivity contribution in [2.75, 3.05) is 26.2 Å². The molecule has 1 saturated heterocycles. The summed E-state index contributed by atoms with van der Waals surface area (Å²) in [6, 6.07) is 10.5. The number of hydrogen-bond acceptors (Lipinski definition) is 2. The summed E-state index contributed by atoms with van der Waals surface area (Å²) in [4.78, 5) is 16.6. The molecule has 0 atom stereocenters. The molecule has 1 heterocycles.